The molecule has 0 bridgehead atoms. The number of amides is 1. The number of nitrogens with zero attached hydrogens (tertiary/aromatic N) is 4. The lowest BCUT2D eigenvalue weighted by molar-refractivity contribution is 0.0637. The van der Waals surface area contributed by atoms with Crippen molar-refractivity contribution in [1.82, 2.24) is 19.7 Å². The van der Waals surface area contributed by atoms with Crippen molar-refractivity contribution in [3.05, 3.63) is 47.3 Å². The van der Waals surface area contributed by atoms with Crippen molar-refractivity contribution in [2.24, 2.45) is 0 Å². The van der Waals surface area contributed by atoms with E-state index in [1.807, 2.05) is 34.1 Å². The molecule has 5 nitrogen and oxygen atoms in total. The zero-order valence-electron chi connectivity index (χ0n) is 17.2. The molecule has 0 spiro atoms. The Balaban J connectivity index is 1.90. The van der Waals surface area contributed by atoms with Crippen molar-refractivity contribution >= 4 is 16.8 Å². The molecule has 1 aliphatic rings. The summed E-state index contributed by atoms with van der Waals surface area (Å²) in [5.41, 5.74) is 5.74. The summed E-state index contributed by atoms with van der Waals surface area (Å²) < 4.78 is 1.89. The van der Waals surface area contributed by atoms with Gasteiger partial charge in [0.2, 0.25) is 0 Å². The molecule has 0 aliphatic carbocycles. The maximum atomic E-state index is 13.5. The fourth-order valence-electron chi connectivity index (χ4n) is 4.08. The molecule has 0 N–H and O–H groups in total. The number of hydrogen-bond donors (Lipinski definition) is 0. The number of pyridine rings is 1. The molecule has 2 aromatic heterocycles. The van der Waals surface area contributed by atoms with Gasteiger partial charge in [-0.25, -0.2) is 4.98 Å². The summed E-state index contributed by atoms with van der Waals surface area (Å²) in [6.45, 7) is 10.0. The Morgan fingerprint density at radius 3 is 2.79 bits per heavy atom. The van der Waals surface area contributed by atoms with Crippen LogP contribution in [0.25, 0.3) is 22.2 Å². The number of carbonyl (C=O) groups is 1. The van der Waals surface area contributed by atoms with Crippen molar-refractivity contribution in [3.8, 4) is 11.3 Å². The standard InChI is InChI=1S/C23H28N4O/c1-5-26-14-18(13-24-26)21-12-20(23(28)27-11-7-6-8-16(27)3)19-10-9-15(2)17(4)22(19)25-21/h9-10,12-14,16H,5-8,11H2,1-4H3. The lowest BCUT2D eigenvalue weighted by atomic mass is 9.97. The SMILES string of the molecule is CCn1cc(-c2cc(C(=O)N3CCCCC3C)c3ccc(C)c(C)c3n2)cn1. The minimum absolute atomic E-state index is 0.118. The number of carbonyl (C=O) groups excluding carboxylic acids is 1. The molecule has 1 fully saturated rings. The van der Waals surface area contributed by atoms with Gasteiger partial charge in [-0.15, -0.1) is 0 Å². The summed E-state index contributed by atoms with van der Waals surface area (Å²) in [4.78, 5) is 20.5. The third-order valence-corrected chi connectivity index (χ3v) is 6.05. The van der Waals surface area contributed by atoms with Crippen LogP contribution in [0.3, 0.4) is 0 Å². The molecule has 3 aromatic rings. The molecule has 0 saturated carbocycles. The van der Waals surface area contributed by atoms with Gasteiger partial charge in [0, 0.05) is 36.3 Å². The average Bonchev–Trinajstić information content (AvgIpc) is 3.19. The molecule has 4 rings (SSSR count). The summed E-state index contributed by atoms with van der Waals surface area (Å²) in [5.74, 6) is 0.118. The summed E-state index contributed by atoms with van der Waals surface area (Å²) in [6, 6.07) is 6.37. The maximum absolute atomic E-state index is 13.5. The number of piperidine rings is 1. The number of likely N-dealkylation sites (tertiary alicyclic amines) is 1. The van der Waals surface area contributed by atoms with Crippen LogP contribution in [-0.4, -0.2) is 38.2 Å². The van der Waals surface area contributed by atoms with Crippen LogP contribution in [-0.2, 0) is 6.54 Å². The van der Waals surface area contributed by atoms with E-state index in [2.05, 4.69) is 38.9 Å². The van der Waals surface area contributed by atoms with Gasteiger partial charge in [-0.1, -0.05) is 12.1 Å². The highest BCUT2D eigenvalue weighted by Crippen LogP contribution is 2.30. The molecule has 0 radical (unpaired) electrons. The van der Waals surface area contributed by atoms with Gasteiger partial charge in [-0.05, 0) is 64.2 Å². The van der Waals surface area contributed by atoms with E-state index in [0.29, 0.717) is 0 Å². The van der Waals surface area contributed by atoms with E-state index < -0.39 is 0 Å². The molecule has 3 heterocycles. The first kappa shape index (κ1) is 18.7. The number of aromatic nitrogens is 3. The molecule has 1 saturated heterocycles. The Morgan fingerprint density at radius 1 is 1.25 bits per heavy atom. The predicted octanol–water partition coefficient (Wildman–Crippen LogP) is 4.75. The lowest BCUT2D eigenvalue weighted by Gasteiger charge is -2.33. The first-order chi connectivity index (χ1) is 13.5. The largest absolute Gasteiger partial charge is 0.336 e. The Bertz CT molecular complexity index is 1040. The highest BCUT2D eigenvalue weighted by atomic mass is 16.2. The Morgan fingerprint density at radius 2 is 2.07 bits per heavy atom. The van der Waals surface area contributed by atoms with Gasteiger partial charge in [-0.3, -0.25) is 9.48 Å². The van der Waals surface area contributed by atoms with Crippen molar-refractivity contribution in [1.29, 1.82) is 0 Å². The molecule has 146 valence electrons. The number of hydrogen-bond acceptors (Lipinski definition) is 3. The number of rotatable bonds is 3. The summed E-state index contributed by atoms with van der Waals surface area (Å²) in [5, 5.41) is 5.33. The van der Waals surface area contributed by atoms with E-state index in [0.717, 1.165) is 59.2 Å². The normalized spacial score (nSPS) is 17.3. The molecule has 1 amide bonds. The van der Waals surface area contributed by atoms with Gasteiger partial charge in [0.05, 0.1) is 23.0 Å². The van der Waals surface area contributed by atoms with E-state index in [-0.39, 0.29) is 11.9 Å². The van der Waals surface area contributed by atoms with E-state index in [1.165, 1.54) is 12.0 Å². The zero-order chi connectivity index (χ0) is 19.8. The van der Waals surface area contributed by atoms with Crippen LogP contribution in [0.1, 0.15) is 54.6 Å². The summed E-state index contributed by atoms with van der Waals surface area (Å²) >= 11 is 0. The highest BCUT2D eigenvalue weighted by Gasteiger charge is 2.26. The number of benzene rings is 1. The molecular formula is C23H28N4O. The van der Waals surface area contributed by atoms with E-state index >= 15 is 0 Å². The van der Waals surface area contributed by atoms with E-state index in [1.54, 1.807) is 0 Å². The van der Waals surface area contributed by atoms with E-state index in [4.69, 9.17) is 4.98 Å². The van der Waals surface area contributed by atoms with Crippen LogP contribution in [0, 0.1) is 13.8 Å². The molecule has 5 heteroatoms. The topological polar surface area (TPSA) is 51.0 Å². The van der Waals surface area contributed by atoms with Gasteiger partial charge < -0.3 is 4.90 Å². The second-order valence-corrected chi connectivity index (χ2v) is 7.89. The highest BCUT2D eigenvalue weighted by molar-refractivity contribution is 6.08. The van der Waals surface area contributed by atoms with Crippen molar-refractivity contribution in [3.63, 3.8) is 0 Å². The zero-order valence-corrected chi connectivity index (χ0v) is 17.2. The quantitative estimate of drug-likeness (QED) is 0.663. The van der Waals surface area contributed by atoms with Gasteiger partial charge in [0.25, 0.3) is 5.91 Å². The minimum Gasteiger partial charge on any atom is -0.336 e. The van der Waals surface area contributed by atoms with Crippen LogP contribution in [0.2, 0.25) is 0 Å². The Kier molecular flexibility index (Phi) is 4.92. The van der Waals surface area contributed by atoms with Crippen molar-refractivity contribution in [2.75, 3.05) is 6.54 Å². The third kappa shape index (κ3) is 3.19. The summed E-state index contributed by atoms with van der Waals surface area (Å²) in [6.07, 6.45) is 7.18. The van der Waals surface area contributed by atoms with Gasteiger partial charge in [-0.2, -0.15) is 5.10 Å². The fourth-order valence-corrected chi connectivity index (χ4v) is 4.08. The average molecular weight is 377 g/mol. The predicted molar refractivity (Wildman–Crippen MR) is 112 cm³/mol. The van der Waals surface area contributed by atoms with Crippen molar-refractivity contribution in [2.45, 2.75) is 59.5 Å². The van der Waals surface area contributed by atoms with Crippen LogP contribution in [0.5, 0.6) is 0 Å². The minimum atomic E-state index is 0.118. The second kappa shape index (κ2) is 7.38. The van der Waals surface area contributed by atoms with Crippen LogP contribution >= 0.6 is 0 Å². The molecule has 1 aliphatic heterocycles. The second-order valence-electron chi connectivity index (χ2n) is 7.89. The Hall–Kier alpha value is -2.69. The van der Waals surface area contributed by atoms with Gasteiger partial charge >= 0.3 is 0 Å². The van der Waals surface area contributed by atoms with Crippen LogP contribution in [0.4, 0.5) is 0 Å². The smallest absolute Gasteiger partial charge is 0.254 e. The van der Waals surface area contributed by atoms with Crippen molar-refractivity contribution < 1.29 is 4.79 Å². The molecule has 1 atom stereocenters. The summed E-state index contributed by atoms with van der Waals surface area (Å²) in [7, 11) is 0. The van der Waals surface area contributed by atoms with Crippen LogP contribution in [0.15, 0.2) is 30.6 Å². The monoisotopic (exact) mass is 376 g/mol. The third-order valence-electron chi connectivity index (χ3n) is 6.05. The van der Waals surface area contributed by atoms with Gasteiger partial charge in [0.15, 0.2) is 0 Å². The number of aryl methyl sites for hydroxylation is 3. The number of fused-ring (bicyclic) bond motifs is 1. The lowest BCUT2D eigenvalue weighted by Crippen LogP contribution is -2.42. The first-order valence-corrected chi connectivity index (χ1v) is 10.2. The molecular weight excluding hydrogens is 348 g/mol. The molecule has 1 unspecified atom stereocenters. The van der Waals surface area contributed by atoms with Crippen LogP contribution < -0.4 is 0 Å². The maximum Gasteiger partial charge on any atom is 0.254 e. The Labute approximate surface area is 166 Å². The molecule has 1 aromatic carbocycles. The molecule has 28 heavy (non-hydrogen) atoms. The first-order valence-electron chi connectivity index (χ1n) is 10.2. The van der Waals surface area contributed by atoms with E-state index in [9.17, 15) is 4.79 Å². The van der Waals surface area contributed by atoms with Gasteiger partial charge in [0.1, 0.15) is 0 Å². The fraction of sp³-hybridized carbons (Fsp3) is 0.435.